The summed E-state index contributed by atoms with van der Waals surface area (Å²) < 4.78 is 5.15. The number of nitrogens with one attached hydrogen (secondary N) is 1. The lowest BCUT2D eigenvalue weighted by atomic mass is 10.1. The minimum atomic E-state index is -0.681. The van der Waals surface area contributed by atoms with Crippen molar-refractivity contribution in [1.82, 2.24) is 5.32 Å². The van der Waals surface area contributed by atoms with Crippen LogP contribution in [0.5, 0.6) is 5.75 Å². The number of guanidine groups is 1. The van der Waals surface area contributed by atoms with Gasteiger partial charge in [-0.2, -0.15) is 0 Å². The Labute approximate surface area is 163 Å². The van der Waals surface area contributed by atoms with Crippen LogP contribution in [0.25, 0.3) is 0 Å². The van der Waals surface area contributed by atoms with Crippen molar-refractivity contribution in [2.24, 2.45) is 10.7 Å². The molecule has 0 aliphatic carbocycles. The molecule has 138 valence electrons. The molecule has 1 rings (SSSR count). The van der Waals surface area contributed by atoms with Crippen LogP contribution in [0.4, 0.5) is 0 Å². The zero-order valence-electron chi connectivity index (χ0n) is 14.8. The lowest BCUT2D eigenvalue weighted by Crippen LogP contribution is -2.32. The van der Waals surface area contributed by atoms with E-state index in [0.29, 0.717) is 5.96 Å². The molecule has 0 fully saturated rings. The summed E-state index contributed by atoms with van der Waals surface area (Å²) in [4.78, 5) is 4.20. The zero-order chi connectivity index (χ0) is 16.9. The van der Waals surface area contributed by atoms with Crippen molar-refractivity contribution in [3.8, 4) is 5.75 Å². The van der Waals surface area contributed by atoms with Gasteiger partial charge in [-0.3, -0.25) is 4.99 Å². The van der Waals surface area contributed by atoms with E-state index in [-0.39, 0.29) is 30.5 Å². The van der Waals surface area contributed by atoms with E-state index in [1.54, 1.807) is 13.2 Å². The Morgan fingerprint density at radius 3 is 2.67 bits per heavy atom. The number of aliphatic hydroxyl groups excluding tert-OH is 1. The minimum Gasteiger partial charge on any atom is -0.497 e. The van der Waals surface area contributed by atoms with Crippen LogP contribution < -0.4 is 15.8 Å². The molecule has 0 saturated heterocycles. The number of unbranched alkanes of at least 4 members (excludes halogenated alkanes) is 5. The minimum absolute atomic E-state index is 0. The molecule has 4 N–H and O–H groups in total. The van der Waals surface area contributed by atoms with Gasteiger partial charge in [-0.05, 0) is 24.1 Å². The van der Waals surface area contributed by atoms with Crippen molar-refractivity contribution in [1.29, 1.82) is 0 Å². The molecule has 0 bridgehead atoms. The number of aliphatic hydroxyl groups is 1. The van der Waals surface area contributed by atoms with Gasteiger partial charge in [0.05, 0.1) is 19.8 Å². The third kappa shape index (κ3) is 9.97. The molecule has 0 spiro atoms. The molecule has 0 radical (unpaired) electrons. The first-order valence-corrected chi connectivity index (χ1v) is 8.53. The predicted octanol–water partition coefficient (Wildman–Crippen LogP) is 3.61. The van der Waals surface area contributed by atoms with Gasteiger partial charge in [0, 0.05) is 6.54 Å². The second-order valence-electron chi connectivity index (χ2n) is 5.71. The summed E-state index contributed by atoms with van der Waals surface area (Å²) in [5.41, 5.74) is 6.60. The second kappa shape index (κ2) is 14.3. The largest absolute Gasteiger partial charge is 0.497 e. The summed E-state index contributed by atoms with van der Waals surface area (Å²) in [6, 6.07) is 7.35. The first kappa shape index (κ1) is 23.0. The van der Waals surface area contributed by atoms with Crippen LogP contribution in [0.1, 0.15) is 57.1 Å². The molecule has 1 unspecified atom stereocenters. The number of hydrogen-bond donors (Lipinski definition) is 3. The van der Waals surface area contributed by atoms with Gasteiger partial charge in [-0.1, -0.05) is 51.2 Å². The Hall–Kier alpha value is -1.02. The second-order valence-corrected chi connectivity index (χ2v) is 5.71. The fraction of sp³-hybridized carbons (Fsp3) is 0.611. The highest BCUT2D eigenvalue weighted by molar-refractivity contribution is 14.0. The summed E-state index contributed by atoms with van der Waals surface area (Å²) >= 11 is 0. The van der Waals surface area contributed by atoms with E-state index in [0.717, 1.165) is 24.3 Å². The molecular weight excluding hydrogens is 417 g/mol. The molecule has 0 heterocycles. The predicted molar refractivity (Wildman–Crippen MR) is 111 cm³/mol. The Bertz CT molecular complexity index is 469. The number of hydrogen-bond acceptors (Lipinski definition) is 3. The first-order valence-electron chi connectivity index (χ1n) is 8.53. The van der Waals surface area contributed by atoms with E-state index >= 15 is 0 Å². The quantitative estimate of drug-likeness (QED) is 0.209. The maximum atomic E-state index is 10.1. The summed E-state index contributed by atoms with van der Waals surface area (Å²) in [6.07, 6.45) is 6.81. The average molecular weight is 449 g/mol. The monoisotopic (exact) mass is 449 g/mol. The van der Waals surface area contributed by atoms with Crippen molar-refractivity contribution in [3.05, 3.63) is 29.8 Å². The van der Waals surface area contributed by atoms with Crippen LogP contribution in [-0.2, 0) is 0 Å². The molecule has 5 nitrogen and oxygen atoms in total. The van der Waals surface area contributed by atoms with E-state index in [2.05, 4.69) is 17.2 Å². The number of nitrogens with zero attached hydrogens (tertiary/aromatic N) is 1. The molecule has 1 atom stereocenters. The van der Waals surface area contributed by atoms with Crippen LogP contribution in [0, 0.1) is 0 Å². The molecule has 1 aromatic rings. The van der Waals surface area contributed by atoms with Gasteiger partial charge in [-0.25, -0.2) is 0 Å². The summed E-state index contributed by atoms with van der Waals surface area (Å²) in [5.74, 6) is 1.11. The Morgan fingerprint density at radius 1 is 1.25 bits per heavy atom. The molecule has 0 aliphatic rings. The molecular formula is C18H32IN3O2. The number of rotatable bonds is 11. The lowest BCUT2D eigenvalue weighted by Gasteiger charge is -2.11. The van der Waals surface area contributed by atoms with Gasteiger partial charge in [0.2, 0.25) is 0 Å². The molecule has 0 amide bonds. The van der Waals surface area contributed by atoms with Gasteiger partial charge >= 0.3 is 0 Å². The fourth-order valence-electron chi connectivity index (χ4n) is 2.32. The van der Waals surface area contributed by atoms with Crippen molar-refractivity contribution in [2.45, 2.75) is 51.6 Å². The van der Waals surface area contributed by atoms with Crippen LogP contribution in [0.15, 0.2) is 29.3 Å². The number of nitrogens with two attached hydrogens (primary N) is 1. The van der Waals surface area contributed by atoms with E-state index in [4.69, 9.17) is 10.5 Å². The van der Waals surface area contributed by atoms with Crippen LogP contribution >= 0.6 is 24.0 Å². The molecule has 6 heteroatoms. The lowest BCUT2D eigenvalue weighted by molar-refractivity contribution is 0.186. The fourth-order valence-corrected chi connectivity index (χ4v) is 2.32. The van der Waals surface area contributed by atoms with Crippen LogP contribution in [0.2, 0.25) is 0 Å². The molecule has 0 aromatic heterocycles. The van der Waals surface area contributed by atoms with E-state index in [9.17, 15) is 5.11 Å². The van der Waals surface area contributed by atoms with Crippen LogP contribution in [0.3, 0.4) is 0 Å². The van der Waals surface area contributed by atoms with Crippen molar-refractivity contribution < 1.29 is 9.84 Å². The molecule has 24 heavy (non-hydrogen) atoms. The summed E-state index contributed by atoms with van der Waals surface area (Å²) in [6.45, 7) is 3.29. The standard InChI is InChI=1S/C18H31N3O2.HI/c1-3-4-5-6-7-8-12-20-18(19)21-14-17(22)15-10-9-11-16(13-15)23-2;/h9-11,13,17,22H,3-8,12,14H2,1-2H3,(H3,19,20,21);1H. The van der Waals surface area contributed by atoms with Crippen LogP contribution in [-0.4, -0.2) is 31.3 Å². The zero-order valence-corrected chi connectivity index (χ0v) is 17.2. The summed E-state index contributed by atoms with van der Waals surface area (Å²) in [7, 11) is 1.60. The average Bonchev–Trinajstić information content (AvgIpc) is 2.58. The highest BCUT2D eigenvalue weighted by atomic mass is 127. The SMILES string of the molecule is CCCCCCCCNC(N)=NCC(O)c1cccc(OC)c1.I. The van der Waals surface area contributed by atoms with Gasteiger partial charge in [0.25, 0.3) is 0 Å². The topological polar surface area (TPSA) is 79.9 Å². The molecule has 0 aliphatic heterocycles. The number of halogens is 1. The van der Waals surface area contributed by atoms with Crippen molar-refractivity contribution >= 4 is 29.9 Å². The summed E-state index contributed by atoms with van der Waals surface area (Å²) in [5, 5.41) is 13.2. The van der Waals surface area contributed by atoms with Gasteiger partial charge in [0.1, 0.15) is 5.75 Å². The molecule has 1 aromatic carbocycles. The number of ether oxygens (including phenoxy) is 1. The third-order valence-electron chi connectivity index (χ3n) is 3.75. The van der Waals surface area contributed by atoms with E-state index in [1.807, 2.05) is 18.2 Å². The van der Waals surface area contributed by atoms with Crippen molar-refractivity contribution in [2.75, 3.05) is 20.2 Å². The van der Waals surface area contributed by atoms with Gasteiger partial charge < -0.3 is 20.9 Å². The highest BCUT2D eigenvalue weighted by Crippen LogP contribution is 2.19. The Morgan fingerprint density at radius 2 is 1.96 bits per heavy atom. The maximum absolute atomic E-state index is 10.1. The normalized spacial score (nSPS) is 12.4. The van der Waals surface area contributed by atoms with Gasteiger partial charge in [-0.15, -0.1) is 24.0 Å². The van der Waals surface area contributed by atoms with Crippen molar-refractivity contribution in [3.63, 3.8) is 0 Å². The number of aliphatic imine (C=N–C) groups is 1. The first-order chi connectivity index (χ1) is 11.2. The van der Waals surface area contributed by atoms with Gasteiger partial charge in [0.15, 0.2) is 5.96 Å². The van der Waals surface area contributed by atoms with E-state index < -0.39 is 6.10 Å². The number of benzene rings is 1. The third-order valence-corrected chi connectivity index (χ3v) is 3.75. The maximum Gasteiger partial charge on any atom is 0.188 e. The van der Waals surface area contributed by atoms with E-state index in [1.165, 1.54) is 32.1 Å². The Kier molecular flexibility index (Phi) is 13.7. The Balaban J connectivity index is 0.00000529. The smallest absolute Gasteiger partial charge is 0.188 e. The number of methoxy groups -OCH3 is 1. The molecule has 0 saturated carbocycles. The highest BCUT2D eigenvalue weighted by Gasteiger charge is 2.07.